The van der Waals surface area contributed by atoms with Crippen molar-refractivity contribution in [1.82, 2.24) is 15.7 Å². The summed E-state index contributed by atoms with van der Waals surface area (Å²) in [7, 11) is 0. The Morgan fingerprint density at radius 3 is 2.65 bits per heavy atom. The first kappa shape index (κ1) is 18.1. The van der Waals surface area contributed by atoms with Crippen molar-refractivity contribution in [3.8, 4) is 0 Å². The summed E-state index contributed by atoms with van der Waals surface area (Å²) in [5.74, 6) is 0.608. The van der Waals surface area contributed by atoms with Crippen LogP contribution in [0.4, 0.5) is 19.0 Å². The molecule has 1 saturated carbocycles. The van der Waals surface area contributed by atoms with Gasteiger partial charge < -0.3 is 5.32 Å². The van der Waals surface area contributed by atoms with Crippen molar-refractivity contribution in [2.45, 2.75) is 44.8 Å². The maximum Gasteiger partial charge on any atom is 0.417 e. The Balaban J connectivity index is 1.89. The molecule has 3 N–H and O–H groups in total. The van der Waals surface area contributed by atoms with E-state index in [0.717, 1.165) is 31.5 Å². The molecule has 4 nitrogen and oxygen atoms in total. The number of alkyl halides is 3. The highest BCUT2D eigenvalue weighted by Crippen LogP contribution is 2.32. The van der Waals surface area contributed by atoms with Crippen LogP contribution in [0.1, 0.15) is 38.2 Å². The molecule has 1 heterocycles. The zero-order valence-electron chi connectivity index (χ0n) is 12.5. The van der Waals surface area contributed by atoms with Crippen LogP contribution in [0.5, 0.6) is 0 Å². The predicted molar refractivity (Wildman–Crippen MR) is 88.2 cm³/mol. The lowest BCUT2D eigenvalue weighted by atomic mass is 9.86. The van der Waals surface area contributed by atoms with Crippen molar-refractivity contribution in [3.63, 3.8) is 0 Å². The van der Waals surface area contributed by atoms with Crippen molar-refractivity contribution in [1.29, 1.82) is 0 Å². The summed E-state index contributed by atoms with van der Waals surface area (Å²) >= 11 is 11.0. The largest absolute Gasteiger partial charge is 0.417 e. The van der Waals surface area contributed by atoms with E-state index in [4.69, 9.17) is 23.8 Å². The average Bonchev–Trinajstić information content (AvgIpc) is 2.47. The molecule has 1 fully saturated rings. The Morgan fingerprint density at radius 1 is 1.35 bits per heavy atom. The summed E-state index contributed by atoms with van der Waals surface area (Å²) in [4.78, 5) is 3.67. The van der Waals surface area contributed by atoms with E-state index in [2.05, 4.69) is 28.1 Å². The molecule has 1 aliphatic rings. The summed E-state index contributed by atoms with van der Waals surface area (Å²) in [6.45, 7) is 2.17. The maximum atomic E-state index is 12.5. The van der Waals surface area contributed by atoms with Gasteiger partial charge in [0.15, 0.2) is 10.9 Å². The predicted octanol–water partition coefficient (Wildman–Crippen LogP) is 4.12. The van der Waals surface area contributed by atoms with Gasteiger partial charge in [0.1, 0.15) is 0 Å². The molecule has 0 aliphatic heterocycles. The highest BCUT2D eigenvalue weighted by Gasteiger charge is 2.31. The second kappa shape index (κ2) is 7.53. The summed E-state index contributed by atoms with van der Waals surface area (Å²) in [6.07, 6.45) is 0.821. The first-order valence-corrected chi connectivity index (χ1v) is 8.11. The Kier molecular flexibility index (Phi) is 5.91. The fourth-order valence-electron chi connectivity index (χ4n) is 2.54. The molecule has 2 atom stereocenters. The lowest BCUT2D eigenvalue weighted by molar-refractivity contribution is -0.137. The van der Waals surface area contributed by atoms with Crippen LogP contribution in [0.15, 0.2) is 12.3 Å². The van der Waals surface area contributed by atoms with E-state index in [1.54, 1.807) is 0 Å². The highest BCUT2D eigenvalue weighted by atomic mass is 35.5. The van der Waals surface area contributed by atoms with Gasteiger partial charge in [0.25, 0.3) is 0 Å². The molecule has 128 valence electrons. The third-order valence-electron chi connectivity index (χ3n) is 3.89. The monoisotopic (exact) mass is 366 g/mol. The molecule has 2 rings (SSSR count). The van der Waals surface area contributed by atoms with Crippen LogP contribution in [0.25, 0.3) is 0 Å². The molecule has 9 heteroatoms. The van der Waals surface area contributed by atoms with E-state index in [1.165, 1.54) is 6.42 Å². The Hall–Kier alpha value is -1.28. The van der Waals surface area contributed by atoms with Crippen molar-refractivity contribution in [3.05, 3.63) is 22.8 Å². The lowest BCUT2D eigenvalue weighted by Crippen LogP contribution is -2.47. The Labute approximate surface area is 143 Å². The molecule has 0 aromatic carbocycles. The second-order valence-electron chi connectivity index (χ2n) is 5.64. The summed E-state index contributed by atoms with van der Waals surface area (Å²) < 4.78 is 37.6. The minimum Gasteiger partial charge on any atom is -0.358 e. The summed E-state index contributed by atoms with van der Waals surface area (Å²) in [6, 6.07) is 1.11. The number of aromatic nitrogens is 1. The minimum atomic E-state index is -4.48. The molecule has 0 radical (unpaired) electrons. The second-order valence-corrected chi connectivity index (χ2v) is 6.46. The smallest absolute Gasteiger partial charge is 0.358 e. The van der Waals surface area contributed by atoms with Crippen molar-refractivity contribution < 1.29 is 13.2 Å². The molecule has 0 amide bonds. The number of halogens is 4. The van der Waals surface area contributed by atoms with Crippen LogP contribution in [-0.4, -0.2) is 16.1 Å². The highest BCUT2D eigenvalue weighted by molar-refractivity contribution is 7.80. The number of hydrazine groups is 1. The van der Waals surface area contributed by atoms with Gasteiger partial charge in [0.05, 0.1) is 10.6 Å². The van der Waals surface area contributed by atoms with Gasteiger partial charge in [-0.15, -0.1) is 0 Å². The van der Waals surface area contributed by atoms with E-state index in [0.29, 0.717) is 17.1 Å². The van der Waals surface area contributed by atoms with Crippen LogP contribution < -0.4 is 16.2 Å². The van der Waals surface area contributed by atoms with Gasteiger partial charge in [-0.25, -0.2) is 4.98 Å². The quantitative estimate of drug-likeness (QED) is 0.555. The summed E-state index contributed by atoms with van der Waals surface area (Å²) in [5, 5.41) is 3.43. The van der Waals surface area contributed by atoms with Gasteiger partial charge in [-0.3, -0.25) is 10.9 Å². The van der Waals surface area contributed by atoms with Crippen LogP contribution >= 0.6 is 23.8 Å². The van der Waals surface area contributed by atoms with Crippen LogP contribution in [0.3, 0.4) is 0 Å². The number of nitrogens with zero attached hydrogens (tertiary/aromatic N) is 1. The molecule has 0 bridgehead atoms. The molecule has 1 aromatic rings. The Morgan fingerprint density at radius 2 is 2.04 bits per heavy atom. The molecular formula is C14H18ClF3N4S. The van der Waals surface area contributed by atoms with Gasteiger partial charge in [0.2, 0.25) is 0 Å². The zero-order chi connectivity index (χ0) is 17.0. The molecule has 23 heavy (non-hydrogen) atoms. The van der Waals surface area contributed by atoms with Crippen molar-refractivity contribution >= 4 is 34.7 Å². The molecule has 0 spiro atoms. The van der Waals surface area contributed by atoms with E-state index < -0.39 is 11.7 Å². The molecular weight excluding hydrogens is 349 g/mol. The molecule has 0 saturated heterocycles. The van der Waals surface area contributed by atoms with Crippen LogP contribution in [-0.2, 0) is 6.18 Å². The first-order chi connectivity index (χ1) is 10.8. The van der Waals surface area contributed by atoms with Gasteiger partial charge in [-0.05, 0) is 37.0 Å². The fraction of sp³-hybridized carbons (Fsp3) is 0.571. The zero-order valence-corrected chi connectivity index (χ0v) is 14.1. The SMILES string of the molecule is C[C@@H]1CCCC[C@@H]1NC(=S)NNc1ncc(C(F)(F)F)cc1Cl. The third-order valence-corrected chi connectivity index (χ3v) is 4.40. The van der Waals surface area contributed by atoms with E-state index in [9.17, 15) is 13.2 Å². The number of rotatable bonds is 3. The van der Waals surface area contributed by atoms with Gasteiger partial charge >= 0.3 is 6.18 Å². The number of pyridine rings is 1. The lowest BCUT2D eigenvalue weighted by Gasteiger charge is -2.30. The number of hydrogen-bond acceptors (Lipinski definition) is 3. The van der Waals surface area contributed by atoms with Gasteiger partial charge in [-0.1, -0.05) is 31.4 Å². The van der Waals surface area contributed by atoms with E-state index in [1.807, 2.05) is 0 Å². The standard InChI is InChI=1S/C14H18ClF3N4S/c1-8-4-2-3-5-11(8)20-13(23)22-21-12-10(15)6-9(7-19-12)14(16,17)18/h6-8,11H,2-5H2,1H3,(H,19,21)(H2,20,22,23)/t8-,11+/m1/s1. The third kappa shape index (κ3) is 5.10. The normalized spacial score (nSPS) is 21.6. The van der Waals surface area contributed by atoms with Crippen LogP contribution in [0, 0.1) is 5.92 Å². The minimum absolute atomic E-state index is 0.0838. The molecule has 1 aliphatic carbocycles. The number of hydrogen-bond donors (Lipinski definition) is 3. The maximum absolute atomic E-state index is 12.5. The number of nitrogens with one attached hydrogen (secondary N) is 3. The average molecular weight is 367 g/mol. The van der Waals surface area contributed by atoms with E-state index >= 15 is 0 Å². The molecule has 0 unspecified atom stereocenters. The number of anilines is 1. The van der Waals surface area contributed by atoms with Crippen molar-refractivity contribution in [2.75, 3.05) is 5.43 Å². The fourth-order valence-corrected chi connectivity index (χ4v) is 2.95. The topological polar surface area (TPSA) is 49.0 Å². The van der Waals surface area contributed by atoms with Crippen LogP contribution in [0.2, 0.25) is 5.02 Å². The Bertz CT molecular complexity index is 567. The first-order valence-electron chi connectivity index (χ1n) is 7.32. The van der Waals surface area contributed by atoms with Crippen molar-refractivity contribution in [2.24, 2.45) is 5.92 Å². The van der Waals surface area contributed by atoms with Gasteiger partial charge in [-0.2, -0.15) is 13.2 Å². The van der Waals surface area contributed by atoms with E-state index in [-0.39, 0.29) is 10.8 Å². The summed E-state index contributed by atoms with van der Waals surface area (Å²) in [5.41, 5.74) is 4.44. The molecule has 1 aromatic heterocycles. The van der Waals surface area contributed by atoms with Gasteiger partial charge in [0, 0.05) is 12.2 Å². The number of thiocarbonyl (C=S) groups is 1.